The molecule has 0 amide bonds. The minimum absolute atomic E-state index is 0.0992. The molecule has 2 heterocycles. The zero-order valence-corrected chi connectivity index (χ0v) is 12.5. The van der Waals surface area contributed by atoms with E-state index < -0.39 is 0 Å². The highest BCUT2D eigenvalue weighted by atomic mass is 16.5. The fourth-order valence-corrected chi connectivity index (χ4v) is 2.52. The number of ketones is 1. The van der Waals surface area contributed by atoms with E-state index in [1.807, 2.05) is 57.2 Å². The fourth-order valence-electron chi connectivity index (χ4n) is 2.52. The molecule has 0 saturated heterocycles. The molecular weight excluding hydrogens is 264 g/mol. The molecular formula is C17H18N2O2. The molecule has 1 aliphatic rings. The van der Waals surface area contributed by atoms with Gasteiger partial charge >= 0.3 is 0 Å². The van der Waals surface area contributed by atoms with Crippen molar-refractivity contribution in [1.82, 2.24) is 9.78 Å². The maximum Gasteiger partial charge on any atom is 0.228 e. The van der Waals surface area contributed by atoms with Crippen LogP contribution in [0.1, 0.15) is 43.2 Å². The van der Waals surface area contributed by atoms with E-state index in [0.717, 1.165) is 11.3 Å². The minimum atomic E-state index is -0.122. The number of para-hydroxylation sites is 1. The molecule has 0 N–H and O–H groups in total. The van der Waals surface area contributed by atoms with E-state index in [1.165, 1.54) is 0 Å². The first-order chi connectivity index (χ1) is 10.1. The van der Waals surface area contributed by atoms with Crippen molar-refractivity contribution in [3.63, 3.8) is 0 Å². The molecule has 1 unspecified atom stereocenters. The van der Waals surface area contributed by atoms with Gasteiger partial charge in [-0.15, -0.1) is 0 Å². The highest BCUT2D eigenvalue weighted by Gasteiger charge is 2.32. The smallest absolute Gasteiger partial charge is 0.228 e. The number of fused-ring (bicyclic) bond motifs is 1. The summed E-state index contributed by atoms with van der Waals surface area (Å²) in [6, 6.07) is 9.75. The summed E-state index contributed by atoms with van der Waals surface area (Å²) in [5.74, 6) is 0.656. The molecule has 4 nitrogen and oxygen atoms in total. The summed E-state index contributed by atoms with van der Waals surface area (Å²) in [7, 11) is 0. The number of carbonyl (C=O) groups excluding carboxylic acids is 1. The summed E-state index contributed by atoms with van der Waals surface area (Å²) in [4.78, 5) is 12.4. The van der Waals surface area contributed by atoms with E-state index in [4.69, 9.17) is 4.74 Å². The lowest BCUT2D eigenvalue weighted by molar-refractivity contribution is 0.0860. The quantitative estimate of drug-likeness (QED) is 0.844. The van der Waals surface area contributed by atoms with E-state index in [-0.39, 0.29) is 11.9 Å². The number of benzene rings is 1. The maximum atomic E-state index is 12.4. The molecule has 1 aliphatic heterocycles. The van der Waals surface area contributed by atoms with Gasteiger partial charge in [0.15, 0.2) is 5.78 Å². The molecule has 1 aromatic heterocycles. The summed E-state index contributed by atoms with van der Waals surface area (Å²) < 4.78 is 7.64. The van der Waals surface area contributed by atoms with Crippen LogP contribution in [0.5, 0.6) is 5.88 Å². The Labute approximate surface area is 124 Å². The molecule has 2 aromatic rings. The van der Waals surface area contributed by atoms with Crippen LogP contribution in [0.25, 0.3) is 11.3 Å². The highest BCUT2D eigenvalue weighted by molar-refractivity contribution is 6.03. The van der Waals surface area contributed by atoms with Gasteiger partial charge < -0.3 is 4.74 Å². The van der Waals surface area contributed by atoms with Crippen molar-refractivity contribution >= 4 is 11.4 Å². The lowest BCUT2D eigenvalue weighted by atomic mass is 10.00. The van der Waals surface area contributed by atoms with E-state index in [1.54, 1.807) is 4.68 Å². The molecule has 0 spiro atoms. The van der Waals surface area contributed by atoms with Gasteiger partial charge in [-0.25, -0.2) is 0 Å². The van der Waals surface area contributed by atoms with Gasteiger partial charge in [-0.1, -0.05) is 24.3 Å². The Bertz CT molecular complexity index is 714. The van der Waals surface area contributed by atoms with Crippen LogP contribution in [-0.2, 0) is 0 Å². The summed E-state index contributed by atoms with van der Waals surface area (Å²) in [5.41, 5.74) is 3.19. The maximum absolute atomic E-state index is 12.4. The van der Waals surface area contributed by atoms with Crippen LogP contribution in [0.4, 0.5) is 0 Å². The summed E-state index contributed by atoms with van der Waals surface area (Å²) >= 11 is 0. The molecule has 3 rings (SSSR count). The monoisotopic (exact) mass is 282 g/mol. The second-order valence-electron chi connectivity index (χ2n) is 5.30. The van der Waals surface area contributed by atoms with Crippen LogP contribution in [0, 0.1) is 0 Å². The van der Waals surface area contributed by atoms with Gasteiger partial charge in [0.1, 0.15) is 17.4 Å². The van der Waals surface area contributed by atoms with E-state index in [0.29, 0.717) is 23.6 Å². The van der Waals surface area contributed by atoms with Crippen LogP contribution in [0.3, 0.4) is 0 Å². The summed E-state index contributed by atoms with van der Waals surface area (Å²) in [5, 5.41) is 4.62. The third-order valence-corrected chi connectivity index (χ3v) is 3.71. The van der Waals surface area contributed by atoms with Crippen LogP contribution in [-0.4, -0.2) is 21.7 Å². The zero-order chi connectivity index (χ0) is 15.0. The first kappa shape index (κ1) is 13.6. The highest BCUT2D eigenvalue weighted by Crippen LogP contribution is 2.35. The molecule has 0 saturated carbocycles. The number of aromatic nitrogens is 2. The minimum Gasteiger partial charge on any atom is -0.474 e. The third-order valence-electron chi connectivity index (χ3n) is 3.71. The first-order valence-electron chi connectivity index (χ1n) is 7.13. The van der Waals surface area contributed by atoms with E-state index in [9.17, 15) is 4.79 Å². The molecule has 1 atom stereocenters. The van der Waals surface area contributed by atoms with Gasteiger partial charge in [-0.3, -0.25) is 4.79 Å². The Morgan fingerprint density at radius 1 is 1.38 bits per heavy atom. The molecule has 0 aliphatic carbocycles. The molecule has 108 valence electrons. The van der Waals surface area contributed by atoms with Crippen LogP contribution in [0.2, 0.25) is 0 Å². The first-order valence-corrected chi connectivity index (χ1v) is 7.13. The number of nitrogens with zero attached hydrogens (tertiary/aromatic N) is 2. The number of hydrogen-bond acceptors (Lipinski definition) is 3. The largest absolute Gasteiger partial charge is 0.474 e. The number of carbonyl (C=O) groups is 1. The lowest BCUT2D eigenvalue weighted by Gasteiger charge is -2.21. The summed E-state index contributed by atoms with van der Waals surface area (Å²) in [6.45, 7) is 5.81. The van der Waals surface area contributed by atoms with Crippen molar-refractivity contribution in [2.75, 3.05) is 0 Å². The van der Waals surface area contributed by atoms with Crippen molar-refractivity contribution in [1.29, 1.82) is 0 Å². The second kappa shape index (κ2) is 5.20. The number of ether oxygens (including phenoxy) is 1. The number of Topliss-reactive ketones (excluding diaryl/α,β-unsaturated/α-hetero) is 1. The average Bonchev–Trinajstić information content (AvgIpc) is 2.87. The normalized spacial score (nSPS) is 18.3. The Kier molecular flexibility index (Phi) is 3.37. The Balaban J connectivity index is 2.25. The standard InChI is InChI=1S/C17H18N2O2/c1-4-11(2)16-15-14(20)10-12(3)21-17(15)19(18-16)13-8-6-5-7-9-13/h4-9,12H,10H2,1-3H3/b11-4+. The topological polar surface area (TPSA) is 44.1 Å². The van der Waals surface area contributed by atoms with Crippen molar-refractivity contribution < 1.29 is 9.53 Å². The average molecular weight is 282 g/mol. The van der Waals surface area contributed by atoms with Gasteiger partial charge in [0.2, 0.25) is 5.88 Å². The molecule has 1 aromatic carbocycles. The molecule has 0 bridgehead atoms. The molecule has 0 fully saturated rings. The van der Waals surface area contributed by atoms with Crippen molar-refractivity contribution in [2.45, 2.75) is 33.3 Å². The van der Waals surface area contributed by atoms with Crippen LogP contribution in [0.15, 0.2) is 36.4 Å². The van der Waals surface area contributed by atoms with Gasteiger partial charge in [0.05, 0.1) is 5.69 Å². The third kappa shape index (κ3) is 2.27. The molecule has 0 radical (unpaired) electrons. The van der Waals surface area contributed by atoms with Gasteiger partial charge in [-0.05, 0) is 38.5 Å². The fraction of sp³-hybridized carbons (Fsp3) is 0.294. The predicted molar refractivity (Wildman–Crippen MR) is 81.9 cm³/mol. The second-order valence-corrected chi connectivity index (χ2v) is 5.30. The van der Waals surface area contributed by atoms with Gasteiger partial charge in [0, 0.05) is 6.42 Å². The van der Waals surface area contributed by atoms with E-state index in [2.05, 4.69) is 5.10 Å². The number of allylic oxidation sites excluding steroid dienone is 2. The Morgan fingerprint density at radius 3 is 2.76 bits per heavy atom. The SMILES string of the molecule is C/C=C(\C)c1nn(-c2ccccc2)c2c1C(=O)CC(C)O2. The van der Waals surface area contributed by atoms with Crippen LogP contribution >= 0.6 is 0 Å². The van der Waals surface area contributed by atoms with Crippen LogP contribution < -0.4 is 4.74 Å². The summed E-state index contributed by atoms with van der Waals surface area (Å²) in [6.07, 6.45) is 2.24. The molecule has 21 heavy (non-hydrogen) atoms. The van der Waals surface area contributed by atoms with Gasteiger partial charge in [0.25, 0.3) is 0 Å². The lowest BCUT2D eigenvalue weighted by Crippen LogP contribution is -2.25. The number of hydrogen-bond donors (Lipinski definition) is 0. The Morgan fingerprint density at radius 2 is 2.10 bits per heavy atom. The van der Waals surface area contributed by atoms with Gasteiger partial charge in [-0.2, -0.15) is 9.78 Å². The molecule has 4 heteroatoms. The number of rotatable bonds is 2. The van der Waals surface area contributed by atoms with Crippen molar-refractivity contribution in [2.24, 2.45) is 0 Å². The predicted octanol–water partition coefficient (Wildman–Crippen LogP) is 3.65. The zero-order valence-electron chi connectivity index (χ0n) is 12.5. The van der Waals surface area contributed by atoms with Crippen molar-refractivity contribution in [3.05, 3.63) is 47.7 Å². The van der Waals surface area contributed by atoms with Crippen molar-refractivity contribution in [3.8, 4) is 11.6 Å². The van der Waals surface area contributed by atoms with E-state index >= 15 is 0 Å². The Hall–Kier alpha value is -2.36.